The van der Waals surface area contributed by atoms with E-state index in [0.717, 1.165) is 11.1 Å². The van der Waals surface area contributed by atoms with Gasteiger partial charge in [-0.15, -0.1) is 0 Å². The summed E-state index contributed by atoms with van der Waals surface area (Å²) in [5, 5.41) is 11.7. The molecule has 6 nitrogen and oxygen atoms in total. The van der Waals surface area contributed by atoms with Gasteiger partial charge in [-0.2, -0.15) is 10.2 Å². The molecule has 0 spiro atoms. The molecule has 2 atom stereocenters. The fourth-order valence-electron chi connectivity index (χ4n) is 2.51. The number of nitrogens with zero attached hydrogens (tertiary/aromatic N) is 5. The lowest BCUT2D eigenvalue weighted by Crippen LogP contribution is -2.33. The minimum Gasteiger partial charge on any atom is -0.308 e. The minimum atomic E-state index is -0.316. The van der Waals surface area contributed by atoms with Crippen LogP contribution < -0.4 is 5.32 Å². The van der Waals surface area contributed by atoms with Crippen molar-refractivity contribution in [2.45, 2.75) is 39.4 Å². The van der Waals surface area contributed by atoms with Crippen LogP contribution in [0.4, 0.5) is 4.39 Å². The Balaban J connectivity index is 1.63. The molecule has 126 valence electrons. The van der Waals surface area contributed by atoms with Crippen molar-refractivity contribution in [2.75, 3.05) is 0 Å². The molecule has 0 saturated carbocycles. The van der Waals surface area contributed by atoms with Gasteiger partial charge in [-0.1, -0.05) is 6.07 Å². The Morgan fingerprint density at radius 2 is 2.08 bits per heavy atom. The van der Waals surface area contributed by atoms with Gasteiger partial charge >= 0.3 is 0 Å². The summed E-state index contributed by atoms with van der Waals surface area (Å²) in [6.45, 7) is 6.81. The number of hydrogen-bond donors (Lipinski definition) is 1. The van der Waals surface area contributed by atoms with Gasteiger partial charge in [-0.05, 0) is 44.0 Å². The van der Waals surface area contributed by atoms with Gasteiger partial charge in [0.2, 0.25) is 0 Å². The lowest BCUT2D eigenvalue weighted by molar-refractivity contribution is 0.364. The van der Waals surface area contributed by atoms with E-state index in [-0.39, 0.29) is 17.9 Å². The second-order valence-electron chi connectivity index (χ2n) is 6.03. The molecule has 0 aliphatic rings. The van der Waals surface area contributed by atoms with Crippen LogP contribution in [0, 0.1) is 12.7 Å². The fourth-order valence-corrected chi connectivity index (χ4v) is 2.51. The molecule has 0 bridgehead atoms. The summed E-state index contributed by atoms with van der Waals surface area (Å²) in [6, 6.07) is 5.54. The molecule has 1 N–H and O–H groups in total. The second-order valence-corrected chi connectivity index (χ2v) is 6.03. The molecule has 0 aliphatic carbocycles. The average molecular weight is 328 g/mol. The lowest BCUT2D eigenvalue weighted by Gasteiger charge is -2.22. The highest BCUT2D eigenvalue weighted by Gasteiger charge is 2.14. The number of aromatic nitrogens is 5. The van der Waals surface area contributed by atoms with Crippen molar-refractivity contribution in [1.29, 1.82) is 0 Å². The molecule has 7 heteroatoms. The number of benzene rings is 1. The number of hydrogen-bond acceptors (Lipinski definition) is 4. The summed E-state index contributed by atoms with van der Waals surface area (Å²) < 4.78 is 17.6. The molecule has 0 amide bonds. The number of nitrogens with one attached hydrogen (secondary N) is 1. The molecule has 1 aromatic carbocycles. The fraction of sp³-hybridized carbons (Fsp3) is 0.353. The second kappa shape index (κ2) is 6.92. The van der Waals surface area contributed by atoms with Gasteiger partial charge < -0.3 is 5.32 Å². The van der Waals surface area contributed by atoms with Gasteiger partial charge in [0.15, 0.2) is 0 Å². The molecule has 2 aromatic heterocycles. The molecular formula is C17H21FN6. The van der Waals surface area contributed by atoms with Crippen LogP contribution in [0.1, 0.15) is 31.0 Å². The molecule has 0 radical (unpaired) electrons. The van der Waals surface area contributed by atoms with Crippen molar-refractivity contribution in [3.8, 4) is 5.69 Å². The van der Waals surface area contributed by atoms with E-state index >= 15 is 0 Å². The maximum atomic E-state index is 14.2. The van der Waals surface area contributed by atoms with E-state index < -0.39 is 0 Å². The third-order valence-corrected chi connectivity index (χ3v) is 4.18. The van der Waals surface area contributed by atoms with E-state index in [0.29, 0.717) is 12.2 Å². The Labute approximate surface area is 140 Å². The maximum Gasteiger partial charge on any atom is 0.149 e. The summed E-state index contributed by atoms with van der Waals surface area (Å²) in [4.78, 5) is 3.84. The van der Waals surface area contributed by atoms with E-state index in [1.807, 2.05) is 30.1 Å². The van der Waals surface area contributed by atoms with E-state index in [9.17, 15) is 4.39 Å². The summed E-state index contributed by atoms with van der Waals surface area (Å²) in [7, 11) is 0. The normalized spacial score (nSPS) is 13.8. The quantitative estimate of drug-likeness (QED) is 0.756. The third kappa shape index (κ3) is 3.51. The largest absolute Gasteiger partial charge is 0.308 e. The van der Waals surface area contributed by atoms with E-state index in [4.69, 9.17) is 0 Å². The third-order valence-electron chi connectivity index (χ3n) is 4.18. The van der Waals surface area contributed by atoms with Gasteiger partial charge in [-0.25, -0.2) is 14.1 Å². The Morgan fingerprint density at radius 1 is 1.25 bits per heavy atom. The zero-order chi connectivity index (χ0) is 17.1. The first-order valence-corrected chi connectivity index (χ1v) is 7.92. The molecule has 3 aromatic rings. The number of aryl methyl sites for hydroxylation is 1. The SMILES string of the molecule is Cc1cnn(C(C)C(C)NCc2ccc(-n3cncn3)c(F)c2)c1. The lowest BCUT2D eigenvalue weighted by atomic mass is 10.1. The summed E-state index contributed by atoms with van der Waals surface area (Å²) in [5.74, 6) is -0.316. The highest BCUT2D eigenvalue weighted by molar-refractivity contribution is 5.35. The van der Waals surface area contributed by atoms with Gasteiger partial charge in [0.05, 0.1) is 12.2 Å². The van der Waals surface area contributed by atoms with Crippen LogP contribution in [0.3, 0.4) is 0 Å². The molecular weight excluding hydrogens is 307 g/mol. The Kier molecular flexibility index (Phi) is 4.71. The highest BCUT2D eigenvalue weighted by atomic mass is 19.1. The topological polar surface area (TPSA) is 60.6 Å². The van der Waals surface area contributed by atoms with Crippen molar-refractivity contribution in [3.63, 3.8) is 0 Å². The van der Waals surface area contributed by atoms with Crippen LogP contribution in [0.5, 0.6) is 0 Å². The zero-order valence-electron chi connectivity index (χ0n) is 14.0. The van der Waals surface area contributed by atoms with Gasteiger partial charge in [0, 0.05) is 18.8 Å². The molecule has 3 rings (SSSR count). The smallest absolute Gasteiger partial charge is 0.149 e. The molecule has 2 unspecified atom stereocenters. The van der Waals surface area contributed by atoms with Crippen molar-refractivity contribution < 1.29 is 4.39 Å². The van der Waals surface area contributed by atoms with Crippen molar-refractivity contribution >= 4 is 0 Å². The summed E-state index contributed by atoms with van der Waals surface area (Å²) in [6.07, 6.45) is 6.73. The van der Waals surface area contributed by atoms with E-state index in [2.05, 4.69) is 34.3 Å². The van der Waals surface area contributed by atoms with Crippen LogP contribution in [-0.4, -0.2) is 30.6 Å². The molecule has 0 saturated heterocycles. The number of rotatable bonds is 6. The van der Waals surface area contributed by atoms with Gasteiger partial charge in [0.1, 0.15) is 24.2 Å². The van der Waals surface area contributed by atoms with Crippen LogP contribution in [0.2, 0.25) is 0 Å². The van der Waals surface area contributed by atoms with Gasteiger partial charge in [-0.3, -0.25) is 4.68 Å². The molecule has 24 heavy (non-hydrogen) atoms. The first-order valence-electron chi connectivity index (χ1n) is 7.92. The number of halogens is 1. The van der Waals surface area contributed by atoms with Crippen LogP contribution >= 0.6 is 0 Å². The standard InChI is InChI=1S/C17H21FN6/c1-12-7-21-23(9-12)14(3)13(2)20-8-15-4-5-17(16(18)6-15)24-11-19-10-22-24/h4-7,9-11,13-14,20H,8H2,1-3H3. The van der Waals surface area contributed by atoms with Crippen molar-refractivity contribution in [3.05, 3.63) is 60.2 Å². The molecule has 0 fully saturated rings. The van der Waals surface area contributed by atoms with Crippen LogP contribution in [0.25, 0.3) is 5.69 Å². The zero-order valence-corrected chi connectivity index (χ0v) is 14.0. The Bertz CT molecular complexity index is 795. The predicted molar refractivity (Wildman–Crippen MR) is 89.3 cm³/mol. The van der Waals surface area contributed by atoms with Gasteiger partial charge in [0.25, 0.3) is 0 Å². The first kappa shape index (κ1) is 16.3. The van der Waals surface area contributed by atoms with Crippen LogP contribution in [-0.2, 0) is 6.54 Å². The maximum absolute atomic E-state index is 14.2. The highest BCUT2D eigenvalue weighted by Crippen LogP contribution is 2.15. The van der Waals surface area contributed by atoms with E-state index in [1.54, 1.807) is 6.07 Å². The average Bonchev–Trinajstić information content (AvgIpc) is 3.23. The van der Waals surface area contributed by atoms with Crippen molar-refractivity contribution in [1.82, 2.24) is 29.9 Å². The predicted octanol–water partition coefficient (Wildman–Crippen LogP) is 2.65. The monoisotopic (exact) mass is 328 g/mol. The van der Waals surface area contributed by atoms with E-state index in [1.165, 1.54) is 23.4 Å². The Hall–Kier alpha value is -2.54. The molecule has 0 aliphatic heterocycles. The Morgan fingerprint density at radius 3 is 2.71 bits per heavy atom. The minimum absolute atomic E-state index is 0.197. The van der Waals surface area contributed by atoms with Crippen LogP contribution in [0.15, 0.2) is 43.2 Å². The van der Waals surface area contributed by atoms with Crippen molar-refractivity contribution in [2.24, 2.45) is 0 Å². The summed E-state index contributed by atoms with van der Waals surface area (Å²) in [5.41, 5.74) is 2.41. The molecule has 2 heterocycles. The first-order chi connectivity index (χ1) is 11.5. The summed E-state index contributed by atoms with van der Waals surface area (Å²) >= 11 is 0.